The molecule has 0 spiro atoms. The maximum Gasteiger partial charge on any atom is 0.0673 e. The van der Waals surface area contributed by atoms with Crippen molar-refractivity contribution < 1.29 is 0 Å². The summed E-state index contributed by atoms with van der Waals surface area (Å²) in [5.74, 6) is 11.9. The summed E-state index contributed by atoms with van der Waals surface area (Å²) in [7, 11) is 0. The third-order valence-electron chi connectivity index (χ3n) is 1.81. The Labute approximate surface area is 101 Å². The summed E-state index contributed by atoms with van der Waals surface area (Å²) in [5, 5.41) is 6.61. The van der Waals surface area contributed by atoms with Gasteiger partial charge in [0, 0.05) is 12.1 Å². The van der Waals surface area contributed by atoms with E-state index in [4.69, 9.17) is 0 Å². The van der Waals surface area contributed by atoms with Crippen molar-refractivity contribution in [3.63, 3.8) is 0 Å². The van der Waals surface area contributed by atoms with Crippen molar-refractivity contribution in [3.05, 3.63) is 0 Å². The normalized spacial score (nSPS) is 13.8. The first-order chi connectivity index (χ1) is 7.41. The van der Waals surface area contributed by atoms with E-state index in [2.05, 4.69) is 62.0 Å². The lowest BCUT2D eigenvalue weighted by atomic mass is 10.2. The van der Waals surface area contributed by atoms with Crippen LogP contribution in [0.5, 0.6) is 0 Å². The molecule has 0 aromatic rings. The van der Waals surface area contributed by atoms with Gasteiger partial charge in [-0.3, -0.25) is 0 Å². The Morgan fingerprint density at radius 1 is 0.625 bits per heavy atom. The molecule has 0 radical (unpaired) electrons. The van der Waals surface area contributed by atoms with Gasteiger partial charge in [0.15, 0.2) is 0 Å². The van der Waals surface area contributed by atoms with Crippen LogP contribution in [0, 0.1) is 23.7 Å². The predicted octanol–water partition coefficient (Wildman–Crippen LogP) is 1.77. The minimum absolute atomic E-state index is 0.197. The van der Waals surface area contributed by atoms with Crippen molar-refractivity contribution in [2.45, 2.75) is 65.7 Å². The van der Waals surface area contributed by atoms with Gasteiger partial charge in [0.05, 0.1) is 12.1 Å². The van der Waals surface area contributed by atoms with E-state index < -0.39 is 0 Å². The SMILES string of the molecule is CC(C)NC(C)C#CC#CC(C)NC(C)C. The summed E-state index contributed by atoms with van der Waals surface area (Å²) in [6, 6.07) is 1.31. The van der Waals surface area contributed by atoms with Crippen LogP contribution in [0.4, 0.5) is 0 Å². The van der Waals surface area contributed by atoms with Crippen LogP contribution in [0.3, 0.4) is 0 Å². The fraction of sp³-hybridized carbons (Fsp3) is 0.714. The highest BCUT2D eigenvalue weighted by molar-refractivity contribution is 5.29. The molecule has 2 N–H and O–H groups in total. The molecule has 0 fully saturated rings. The molecule has 2 nitrogen and oxygen atoms in total. The summed E-state index contributed by atoms with van der Waals surface area (Å²) < 4.78 is 0. The molecule has 0 rings (SSSR count). The third-order valence-corrected chi connectivity index (χ3v) is 1.81. The van der Waals surface area contributed by atoms with Crippen LogP contribution in [0.2, 0.25) is 0 Å². The molecule has 0 aromatic heterocycles. The molecule has 2 heteroatoms. The van der Waals surface area contributed by atoms with E-state index in [0.717, 1.165) is 0 Å². The lowest BCUT2D eigenvalue weighted by Gasteiger charge is -2.10. The first-order valence-electron chi connectivity index (χ1n) is 5.95. The minimum Gasteiger partial charge on any atom is -0.302 e. The Balaban J connectivity index is 4.03. The summed E-state index contributed by atoms with van der Waals surface area (Å²) in [6.45, 7) is 12.5. The second kappa shape index (κ2) is 8.22. The van der Waals surface area contributed by atoms with E-state index in [9.17, 15) is 0 Å². The predicted molar refractivity (Wildman–Crippen MR) is 71.0 cm³/mol. The number of hydrogen-bond acceptors (Lipinski definition) is 2. The Kier molecular flexibility index (Phi) is 7.73. The Bertz CT molecular complexity index is 264. The fourth-order valence-electron chi connectivity index (χ4n) is 1.37. The molecule has 0 aliphatic rings. The van der Waals surface area contributed by atoms with Gasteiger partial charge in [0.25, 0.3) is 0 Å². The van der Waals surface area contributed by atoms with Gasteiger partial charge in [-0.25, -0.2) is 0 Å². The van der Waals surface area contributed by atoms with Crippen LogP contribution in [0.15, 0.2) is 0 Å². The van der Waals surface area contributed by atoms with E-state index >= 15 is 0 Å². The first kappa shape index (κ1) is 15.0. The van der Waals surface area contributed by atoms with E-state index in [1.165, 1.54) is 0 Å². The van der Waals surface area contributed by atoms with E-state index in [-0.39, 0.29) is 12.1 Å². The average molecular weight is 220 g/mol. The minimum atomic E-state index is 0.197. The van der Waals surface area contributed by atoms with Gasteiger partial charge in [-0.1, -0.05) is 11.8 Å². The van der Waals surface area contributed by atoms with E-state index in [1.54, 1.807) is 0 Å². The zero-order valence-corrected chi connectivity index (χ0v) is 11.3. The monoisotopic (exact) mass is 220 g/mol. The lowest BCUT2D eigenvalue weighted by molar-refractivity contribution is 0.558. The average Bonchev–Trinajstić information content (AvgIpc) is 2.10. The zero-order valence-electron chi connectivity index (χ0n) is 11.3. The van der Waals surface area contributed by atoms with Gasteiger partial charge in [-0.2, -0.15) is 0 Å². The van der Waals surface area contributed by atoms with Crippen molar-refractivity contribution >= 4 is 0 Å². The molecular formula is C14H24N2. The van der Waals surface area contributed by atoms with Gasteiger partial charge < -0.3 is 10.6 Å². The van der Waals surface area contributed by atoms with Crippen LogP contribution < -0.4 is 10.6 Å². The molecule has 16 heavy (non-hydrogen) atoms. The maximum absolute atomic E-state index is 3.31. The molecule has 0 saturated carbocycles. The van der Waals surface area contributed by atoms with Crippen molar-refractivity contribution in [2.75, 3.05) is 0 Å². The molecule has 0 aliphatic carbocycles. The van der Waals surface area contributed by atoms with Crippen LogP contribution in [-0.4, -0.2) is 24.2 Å². The molecule has 0 aliphatic heterocycles. The molecule has 2 atom stereocenters. The second-order valence-corrected chi connectivity index (χ2v) is 4.62. The highest BCUT2D eigenvalue weighted by atomic mass is 14.9. The Morgan fingerprint density at radius 3 is 1.19 bits per heavy atom. The summed E-state index contributed by atoms with van der Waals surface area (Å²) >= 11 is 0. The third kappa shape index (κ3) is 9.59. The van der Waals surface area contributed by atoms with E-state index in [0.29, 0.717) is 12.1 Å². The molecule has 0 amide bonds. The number of rotatable bonds is 4. The van der Waals surface area contributed by atoms with Crippen LogP contribution in [0.25, 0.3) is 0 Å². The number of hydrogen-bond donors (Lipinski definition) is 2. The maximum atomic E-state index is 3.31. The quantitative estimate of drug-likeness (QED) is 0.706. The molecule has 0 aromatic carbocycles. The van der Waals surface area contributed by atoms with Gasteiger partial charge in [-0.05, 0) is 53.4 Å². The van der Waals surface area contributed by atoms with Crippen molar-refractivity contribution in [1.82, 2.24) is 10.6 Å². The fourth-order valence-corrected chi connectivity index (χ4v) is 1.37. The highest BCUT2D eigenvalue weighted by Crippen LogP contribution is 1.84. The molecule has 0 bridgehead atoms. The summed E-state index contributed by atoms with van der Waals surface area (Å²) in [4.78, 5) is 0. The van der Waals surface area contributed by atoms with Crippen molar-refractivity contribution in [3.8, 4) is 23.7 Å². The molecule has 0 heterocycles. The Morgan fingerprint density at radius 2 is 0.938 bits per heavy atom. The van der Waals surface area contributed by atoms with Crippen LogP contribution in [-0.2, 0) is 0 Å². The lowest BCUT2D eigenvalue weighted by Crippen LogP contribution is -2.31. The smallest absolute Gasteiger partial charge is 0.0673 e. The topological polar surface area (TPSA) is 24.1 Å². The first-order valence-corrected chi connectivity index (χ1v) is 5.95. The summed E-state index contributed by atoms with van der Waals surface area (Å²) in [6.07, 6.45) is 0. The number of nitrogens with one attached hydrogen (secondary N) is 2. The molecular weight excluding hydrogens is 196 g/mol. The molecule has 2 unspecified atom stereocenters. The van der Waals surface area contributed by atoms with Crippen molar-refractivity contribution in [1.29, 1.82) is 0 Å². The van der Waals surface area contributed by atoms with Gasteiger partial charge in [-0.15, -0.1) is 0 Å². The van der Waals surface area contributed by atoms with Crippen LogP contribution >= 0.6 is 0 Å². The van der Waals surface area contributed by atoms with Gasteiger partial charge >= 0.3 is 0 Å². The second-order valence-electron chi connectivity index (χ2n) is 4.62. The molecule has 0 saturated heterocycles. The van der Waals surface area contributed by atoms with Gasteiger partial charge in [0.1, 0.15) is 0 Å². The largest absolute Gasteiger partial charge is 0.302 e. The van der Waals surface area contributed by atoms with Crippen molar-refractivity contribution in [2.24, 2.45) is 0 Å². The Hall–Kier alpha value is -0.960. The summed E-state index contributed by atoms with van der Waals surface area (Å²) in [5.41, 5.74) is 0. The van der Waals surface area contributed by atoms with Crippen LogP contribution in [0.1, 0.15) is 41.5 Å². The van der Waals surface area contributed by atoms with E-state index in [1.807, 2.05) is 13.8 Å². The van der Waals surface area contributed by atoms with Gasteiger partial charge in [0.2, 0.25) is 0 Å². The zero-order chi connectivity index (χ0) is 12.6. The standard InChI is InChI=1S/C14H24N2/c1-11(2)15-13(5)9-7-8-10-14(6)16-12(3)4/h11-16H,1-6H3. The molecule has 90 valence electrons. The highest BCUT2D eigenvalue weighted by Gasteiger charge is 1.98.